The lowest BCUT2D eigenvalue weighted by molar-refractivity contribution is -0.148. The van der Waals surface area contributed by atoms with E-state index in [2.05, 4.69) is 4.90 Å². The molecule has 2 aliphatic rings. The highest BCUT2D eigenvalue weighted by Gasteiger charge is 2.33. The third kappa shape index (κ3) is 1.85. The lowest BCUT2D eigenvalue weighted by Crippen LogP contribution is -2.46. The molecule has 3 unspecified atom stereocenters. The Kier molecular flexibility index (Phi) is 2.54. The van der Waals surface area contributed by atoms with Crippen molar-refractivity contribution in [2.75, 3.05) is 26.7 Å². The van der Waals surface area contributed by atoms with Gasteiger partial charge in [0.1, 0.15) is 0 Å². The van der Waals surface area contributed by atoms with Crippen LogP contribution in [0.15, 0.2) is 0 Å². The first-order chi connectivity index (χ1) is 6.29. The first-order valence-corrected chi connectivity index (χ1v) is 5.10. The number of piperidine rings is 2. The van der Waals surface area contributed by atoms with Crippen molar-refractivity contribution >= 4 is 5.97 Å². The molecule has 0 saturated carbocycles. The number of methoxy groups -OCH3 is 1. The van der Waals surface area contributed by atoms with Gasteiger partial charge in [0.2, 0.25) is 0 Å². The lowest BCUT2D eigenvalue weighted by atomic mass is 9.83. The van der Waals surface area contributed by atoms with Crippen LogP contribution in [0.1, 0.15) is 19.3 Å². The van der Waals surface area contributed by atoms with Gasteiger partial charge >= 0.3 is 5.97 Å². The van der Waals surface area contributed by atoms with Crippen LogP contribution < -0.4 is 0 Å². The molecule has 3 heteroatoms. The maximum absolute atomic E-state index is 11.3. The number of rotatable bonds is 1. The van der Waals surface area contributed by atoms with Gasteiger partial charge < -0.3 is 9.64 Å². The number of esters is 1. The Morgan fingerprint density at radius 1 is 1.46 bits per heavy atom. The molecular formula is C10H17NO2. The van der Waals surface area contributed by atoms with E-state index in [1.54, 1.807) is 0 Å². The number of carbonyl (C=O) groups excluding carboxylic acids is 1. The molecule has 2 aliphatic heterocycles. The fraction of sp³-hybridized carbons (Fsp3) is 0.900. The van der Waals surface area contributed by atoms with Crippen molar-refractivity contribution in [2.45, 2.75) is 19.3 Å². The molecule has 2 heterocycles. The summed E-state index contributed by atoms with van der Waals surface area (Å²) in [4.78, 5) is 13.8. The van der Waals surface area contributed by atoms with Gasteiger partial charge in [-0.05, 0) is 31.7 Å². The molecule has 0 radical (unpaired) electrons. The van der Waals surface area contributed by atoms with Crippen LogP contribution in [0.5, 0.6) is 0 Å². The standard InChI is InChI=1S/C10H17NO2/c1-13-10(12)9-5-8-3-2-4-11(6-8)7-9/h8-9H,2-7H2,1H3. The second-order valence-electron chi connectivity index (χ2n) is 4.22. The summed E-state index contributed by atoms with van der Waals surface area (Å²) in [6.07, 6.45) is 3.64. The number of hydrogen-bond acceptors (Lipinski definition) is 3. The first-order valence-electron chi connectivity index (χ1n) is 5.10. The van der Waals surface area contributed by atoms with E-state index in [-0.39, 0.29) is 11.9 Å². The molecule has 0 aromatic rings. The van der Waals surface area contributed by atoms with Crippen LogP contribution >= 0.6 is 0 Å². The van der Waals surface area contributed by atoms with Crippen molar-refractivity contribution in [3.05, 3.63) is 0 Å². The summed E-state index contributed by atoms with van der Waals surface area (Å²) in [5.41, 5.74) is 0. The van der Waals surface area contributed by atoms with E-state index in [1.807, 2.05) is 0 Å². The zero-order valence-electron chi connectivity index (χ0n) is 8.16. The average molecular weight is 183 g/mol. The second kappa shape index (κ2) is 3.66. The SMILES string of the molecule is COC(=O)C1CC2CCCN(C2)C1. The highest BCUT2D eigenvalue weighted by atomic mass is 16.5. The van der Waals surface area contributed by atoms with Crippen LogP contribution in [0.3, 0.4) is 0 Å². The first kappa shape index (κ1) is 9.00. The van der Waals surface area contributed by atoms with Crippen LogP contribution in [-0.2, 0) is 9.53 Å². The molecule has 0 aromatic carbocycles. The Bertz CT molecular complexity index is 193. The molecule has 0 amide bonds. The van der Waals surface area contributed by atoms with E-state index in [4.69, 9.17) is 4.74 Å². The van der Waals surface area contributed by atoms with Crippen molar-refractivity contribution in [3.8, 4) is 0 Å². The number of carbonyl (C=O) groups is 1. The van der Waals surface area contributed by atoms with E-state index in [0.717, 1.165) is 18.9 Å². The predicted molar refractivity (Wildman–Crippen MR) is 49.3 cm³/mol. The van der Waals surface area contributed by atoms with E-state index >= 15 is 0 Å². The van der Waals surface area contributed by atoms with E-state index < -0.39 is 0 Å². The van der Waals surface area contributed by atoms with Gasteiger partial charge in [0.05, 0.1) is 13.0 Å². The van der Waals surface area contributed by atoms with Gasteiger partial charge in [-0.2, -0.15) is 0 Å². The summed E-state index contributed by atoms with van der Waals surface area (Å²) in [5.74, 6) is 0.868. The molecule has 0 spiro atoms. The number of nitrogens with zero attached hydrogens (tertiary/aromatic N) is 1. The fourth-order valence-electron chi connectivity index (χ4n) is 2.64. The highest BCUT2D eigenvalue weighted by Crippen LogP contribution is 2.29. The smallest absolute Gasteiger partial charge is 0.309 e. The fourth-order valence-corrected chi connectivity index (χ4v) is 2.64. The number of fused-ring (bicyclic) bond motifs is 2. The molecule has 3 atom stereocenters. The Hall–Kier alpha value is -0.570. The van der Waals surface area contributed by atoms with Gasteiger partial charge in [0.25, 0.3) is 0 Å². The molecule has 74 valence electrons. The molecular weight excluding hydrogens is 166 g/mol. The highest BCUT2D eigenvalue weighted by molar-refractivity contribution is 5.72. The normalized spacial score (nSPS) is 38.4. The summed E-state index contributed by atoms with van der Waals surface area (Å²) >= 11 is 0. The Morgan fingerprint density at radius 3 is 3.00 bits per heavy atom. The topological polar surface area (TPSA) is 29.5 Å². The third-order valence-electron chi connectivity index (χ3n) is 3.23. The zero-order valence-corrected chi connectivity index (χ0v) is 8.16. The Balaban J connectivity index is 1.97. The van der Waals surface area contributed by atoms with Gasteiger partial charge in [-0.15, -0.1) is 0 Å². The average Bonchev–Trinajstić information content (AvgIpc) is 2.16. The maximum Gasteiger partial charge on any atom is 0.309 e. The van der Waals surface area contributed by atoms with Gasteiger partial charge in [-0.3, -0.25) is 4.79 Å². The van der Waals surface area contributed by atoms with E-state index in [1.165, 1.54) is 33.0 Å². The molecule has 0 aliphatic carbocycles. The molecule has 0 N–H and O–H groups in total. The van der Waals surface area contributed by atoms with Crippen molar-refractivity contribution in [2.24, 2.45) is 11.8 Å². The van der Waals surface area contributed by atoms with Gasteiger partial charge in [0.15, 0.2) is 0 Å². The minimum absolute atomic E-state index is 0.0170. The third-order valence-corrected chi connectivity index (χ3v) is 3.23. The number of ether oxygens (including phenoxy) is 1. The monoisotopic (exact) mass is 183 g/mol. The van der Waals surface area contributed by atoms with Gasteiger partial charge in [-0.1, -0.05) is 0 Å². The van der Waals surface area contributed by atoms with Gasteiger partial charge in [-0.25, -0.2) is 0 Å². The molecule has 2 bridgehead atoms. The van der Waals surface area contributed by atoms with E-state index in [0.29, 0.717) is 0 Å². The predicted octanol–water partition coefficient (Wildman–Crippen LogP) is 0.891. The summed E-state index contributed by atoms with van der Waals surface area (Å²) in [6, 6.07) is 0. The van der Waals surface area contributed by atoms with Crippen LogP contribution in [0.25, 0.3) is 0 Å². The van der Waals surface area contributed by atoms with Gasteiger partial charge in [0, 0.05) is 13.1 Å². The summed E-state index contributed by atoms with van der Waals surface area (Å²) < 4.78 is 4.79. The second-order valence-corrected chi connectivity index (χ2v) is 4.22. The zero-order chi connectivity index (χ0) is 9.26. The van der Waals surface area contributed by atoms with Crippen molar-refractivity contribution < 1.29 is 9.53 Å². The molecule has 3 nitrogen and oxygen atoms in total. The van der Waals surface area contributed by atoms with Crippen LogP contribution in [0, 0.1) is 11.8 Å². The Morgan fingerprint density at radius 2 is 2.31 bits per heavy atom. The quantitative estimate of drug-likeness (QED) is 0.565. The minimum Gasteiger partial charge on any atom is -0.469 e. The van der Waals surface area contributed by atoms with Crippen molar-refractivity contribution in [1.82, 2.24) is 4.90 Å². The van der Waals surface area contributed by atoms with Crippen molar-refractivity contribution in [1.29, 1.82) is 0 Å². The maximum atomic E-state index is 11.3. The van der Waals surface area contributed by atoms with E-state index in [9.17, 15) is 4.79 Å². The molecule has 2 rings (SSSR count). The largest absolute Gasteiger partial charge is 0.469 e. The molecule has 13 heavy (non-hydrogen) atoms. The number of hydrogen-bond donors (Lipinski definition) is 0. The van der Waals surface area contributed by atoms with Crippen molar-refractivity contribution in [3.63, 3.8) is 0 Å². The Labute approximate surface area is 79.0 Å². The molecule has 2 saturated heterocycles. The minimum atomic E-state index is -0.0170. The summed E-state index contributed by atoms with van der Waals surface area (Å²) in [7, 11) is 1.49. The summed E-state index contributed by atoms with van der Waals surface area (Å²) in [5, 5.41) is 0. The summed E-state index contributed by atoms with van der Waals surface area (Å²) in [6.45, 7) is 3.29. The van der Waals surface area contributed by atoms with Crippen LogP contribution in [0.4, 0.5) is 0 Å². The molecule has 2 fully saturated rings. The molecule has 0 aromatic heterocycles. The van der Waals surface area contributed by atoms with Crippen LogP contribution in [-0.4, -0.2) is 37.6 Å². The lowest BCUT2D eigenvalue weighted by Gasteiger charge is -2.40. The van der Waals surface area contributed by atoms with Crippen LogP contribution in [0.2, 0.25) is 0 Å².